The van der Waals surface area contributed by atoms with E-state index in [1.807, 2.05) is 0 Å². The molecule has 0 radical (unpaired) electrons. The second-order valence-corrected chi connectivity index (χ2v) is 9.49. The molecule has 0 unspecified atom stereocenters. The van der Waals surface area contributed by atoms with Crippen molar-refractivity contribution in [2.24, 2.45) is 5.73 Å². The molecule has 1 aromatic carbocycles. The van der Waals surface area contributed by atoms with Crippen LogP contribution in [0.4, 0.5) is 10.1 Å². The van der Waals surface area contributed by atoms with Crippen LogP contribution in [0.5, 0.6) is 5.75 Å². The maximum Gasteiger partial charge on any atom is 0.341 e. The van der Waals surface area contributed by atoms with Crippen molar-refractivity contribution in [1.82, 2.24) is 4.57 Å². The number of nitrogens with zero attached hydrogens (tertiary/aromatic N) is 2. The van der Waals surface area contributed by atoms with E-state index in [-0.39, 0.29) is 40.6 Å². The Bertz CT molecular complexity index is 1230. The number of nitrogens with two attached hydrogens (primary N) is 1. The molecule has 1 saturated carbocycles. The number of pyridine rings is 1. The number of hydrogen-bond donors (Lipinski definition) is 3. The maximum atomic E-state index is 15.1. The minimum absolute atomic E-state index is 0.00307. The molecule has 182 valence electrons. The molecular formula is C20H26FN3O8S. The van der Waals surface area contributed by atoms with E-state index in [1.54, 1.807) is 16.6 Å². The van der Waals surface area contributed by atoms with Crippen LogP contribution in [0.3, 0.4) is 0 Å². The molecule has 2 heterocycles. The van der Waals surface area contributed by atoms with E-state index in [0.29, 0.717) is 24.9 Å². The number of hydrogen-bond acceptors (Lipinski definition) is 8. The zero-order chi connectivity index (χ0) is 24.7. The Morgan fingerprint density at radius 2 is 1.88 bits per heavy atom. The molecule has 0 spiro atoms. The fourth-order valence-electron chi connectivity index (χ4n) is 3.96. The fraction of sp³-hybridized carbons (Fsp3) is 0.500. The van der Waals surface area contributed by atoms with Gasteiger partial charge < -0.3 is 29.8 Å². The van der Waals surface area contributed by atoms with Crippen LogP contribution < -0.4 is 20.8 Å². The third kappa shape index (κ3) is 5.27. The van der Waals surface area contributed by atoms with E-state index < -0.39 is 27.3 Å². The standard InChI is InChI=1S/C19H22FN3O5.CH4O3S/c1-27-14-8-22(7-13(14)21)16-12(20)5-10-15(18(16)28-2)23(9-3-4-9)6-11(17(10)24)19(25)26;1-5(2,3)4/h5-6,9,13-14H,3-4,7-8,21H2,1-2H3,(H,25,26);1H3,(H,2,3,4)/t13-,14+;/m1./s1. The number of carboxylic acid groups (broad SMARTS) is 1. The highest BCUT2D eigenvalue weighted by Gasteiger charge is 2.36. The van der Waals surface area contributed by atoms with E-state index in [0.717, 1.165) is 18.9 Å². The lowest BCUT2D eigenvalue weighted by Gasteiger charge is -2.24. The van der Waals surface area contributed by atoms with Gasteiger partial charge in [-0.3, -0.25) is 9.35 Å². The lowest BCUT2D eigenvalue weighted by molar-refractivity contribution is 0.0694. The van der Waals surface area contributed by atoms with Crippen LogP contribution in [-0.4, -0.2) is 74.3 Å². The van der Waals surface area contributed by atoms with Crippen molar-refractivity contribution in [2.75, 3.05) is 38.5 Å². The van der Waals surface area contributed by atoms with Gasteiger partial charge in [-0.05, 0) is 18.9 Å². The molecule has 33 heavy (non-hydrogen) atoms. The van der Waals surface area contributed by atoms with Crippen molar-refractivity contribution >= 4 is 32.7 Å². The third-order valence-electron chi connectivity index (χ3n) is 5.50. The van der Waals surface area contributed by atoms with Crippen LogP contribution in [0.1, 0.15) is 29.2 Å². The summed E-state index contributed by atoms with van der Waals surface area (Å²) in [6, 6.07) is 0.873. The normalized spacial score (nSPS) is 20.5. The van der Waals surface area contributed by atoms with Gasteiger partial charge in [0.05, 0.1) is 36.4 Å². The molecule has 4 N–H and O–H groups in total. The van der Waals surface area contributed by atoms with Crippen molar-refractivity contribution in [2.45, 2.75) is 31.0 Å². The summed E-state index contributed by atoms with van der Waals surface area (Å²) in [7, 11) is -0.700. The summed E-state index contributed by atoms with van der Waals surface area (Å²) in [5, 5.41) is 9.38. The van der Waals surface area contributed by atoms with Gasteiger partial charge in [-0.25, -0.2) is 9.18 Å². The van der Waals surface area contributed by atoms with Crippen molar-refractivity contribution in [1.29, 1.82) is 0 Å². The van der Waals surface area contributed by atoms with Crippen LogP contribution in [0, 0.1) is 5.82 Å². The highest BCUT2D eigenvalue weighted by atomic mass is 32.2. The molecular weight excluding hydrogens is 461 g/mol. The number of methoxy groups -OCH3 is 2. The van der Waals surface area contributed by atoms with Crippen molar-refractivity contribution in [3.63, 3.8) is 0 Å². The molecule has 2 atom stereocenters. The Kier molecular flexibility index (Phi) is 6.98. The second-order valence-electron chi connectivity index (χ2n) is 8.03. The molecule has 11 nitrogen and oxygen atoms in total. The number of anilines is 1. The highest BCUT2D eigenvalue weighted by Crippen LogP contribution is 2.44. The lowest BCUT2D eigenvalue weighted by Crippen LogP contribution is -2.34. The van der Waals surface area contributed by atoms with Crippen LogP contribution in [-0.2, 0) is 14.9 Å². The molecule has 13 heteroatoms. The van der Waals surface area contributed by atoms with E-state index >= 15 is 4.39 Å². The Hall–Kier alpha value is -2.74. The van der Waals surface area contributed by atoms with Crippen LogP contribution in [0.2, 0.25) is 0 Å². The Labute approximate surface area is 189 Å². The fourth-order valence-corrected chi connectivity index (χ4v) is 3.96. The topological polar surface area (TPSA) is 161 Å². The average Bonchev–Trinajstić information content (AvgIpc) is 3.48. The van der Waals surface area contributed by atoms with E-state index in [1.165, 1.54) is 13.3 Å². The quantitative estimate of drug-likeness (QED) is 0.516. The summed E-state index contributed by atoms with van der Waals surface area (Å²) in [6.07, 6.45) is 3.51. The third-order valence-corrected chi connectivity index (χ3v) is 5.50. The first kappa shape index (κ1) is 24.9. The first-order valence-corrected chi connectivity index (χ1v) is 11.9. The SMILES string of the molecule is COc1c(N2C[C@@H](N)[C@@H](OC)C2)c(F)cc2c(=O)c(C(=O)O)cn(C3CC3)c12.CS(=O)(=O)O. The lowest BCUT2D eigenvalue weighted by atomic mass is 10.1. The molecule has 1 aliphatic heterocycles. The number of fused-ring (bicyclic) bond motifs is 1. The van der Waals surface area contributed by atoms with Gasteiger partial charge in [0.2, 0.25) is 5.43 Å². The summed E-state index contributed by atoms with van der Waals surface area (Å²) in [4.78, 5) is 26.0. The average molecular weight is 488 g/mol. The highest BCUT2D eigenvalue weighted by molar-refractivity contribution is 7.85. The molecule has 0 amide bonds. The molecule has 2 aromatic rings. The minimum atomic E-state index is -3.67. The van der Waals surface area contributed by atoms with Crippen LogP contribution in [0.15, 0.2) is 17.1 Å². The van der Waals surface area contributed by atoms with Gasteiger partial charge in [-0.15, -0.1) is 0 Å². The van der Waals surface area contributed by atoms with Crippen molar-refractivity contribution in [3.05, 3.63) is 33.9 Å². The summed E-state index contributed by atoms with van der Waals surface area (Å²) >= 11 is 0. The summed E-state index contributed by atoms with van der Waals surface area (Å²) < 4.78 is 53.7. The Balaban J connectivity index is 0.000000555. The minimum Gasteiger partial charge on any atom is -0.492 e. The number of aromatic carboxylic acids is 1. The van der Waals surface area contributed by atoms with Gasteiger partial charge in [0.1, 0.15) is 11.3 Å². The first-order chi connectivity index (χ1) is 15.4. The second kappa shape index (κ2) is 9.25. The number of carboxylic acids is 1. The zero-order valence-corrected chi connectivity index (χ0v) is 19.1. The van der Waals surface area contributed by atoms with Crippen LogP contribution >= 0.6 is 0 Å². The van der Waals surface area contributed by atoms with Crippen molar-refractivity contribution < 1.29 is 36.7 Å². The smallest absolute Gasteiger partial charge is 0.341 e. The molecule has 4 rings (SSSR count). The molecule has 1 aromatic heterocycles. The van der Waals surface area contributed by atoms with Crippen LogP contribution in [0.25, 0.3) is 10.9 Å². The molecule has 0 bridgehead atoms. The first-order valence-electron chi connectivity index (χ1n) is 10.0. The number of carbonyl (C=O) groups is 1. The largest absolute Gasteiger partial charge is 0.492 e. The maximum absolute atomic E-state index is 15.1. The molecule has 1 aliphatic carbocycles. The number of rotatable bonds is 5. The predicted molar refractivity (Wildman–Crippen MR) is 118 cm³/mol. The van der Waals surface area contributed by atoms with Gasteiger partial charge in [-0.2, -0.15) is 8.42 Å². The van der Waals surface area contributed by atoms with E-state index in [4.69, 9.17) is 19.8 Å². The van der Waals surface area contributed by atoms with Gasteiger partial charge in [0.15, 0.2) is 11.6 Å². The summed E-state index contributed by atoms with van der Waals surface area (Å²) in [5.74, 6) is -1.78. The van der Waals surface area contributed by atoms with Gasteiger partial charge in [-0.1, -0.05) is 0 Å². The predicted octanol–water partition coefficient (Wildman–Crippen LogP) is 0.849. The summed E-state index contributed by atoms with van der Waals surface area (Å²) in [6.45, 7) is 0.759. The van der Waals surface area contributed by atoms with Gasteiger partial charge in [0, 0.05) is 32.4 Å². The van der Waals surface area contributed by atoms with Crippen molar-refractivity contribution in [3.8, 4) is 5.75 Å². The number of benzene rings is 1. The number of aromatic nitrogens is 1. The number of halogens is 1. The Morgan fingerprint density at radius 1 is 1.27 bits per heavy atom. The van der Waals surface area contributed by atoms with E-state index in [9.17, 15) is 23.1 Å². The molecule has 1 saturated heterocycles. The van der Waals surface area contributed by atoms with Gasteiger partial charge in [0.25, 0.3) is 10.1 Å². The van der Waals surface area contributed by atoms with Gasteiger partial charge >= 0.3 is 5.97 Å². The van der Waals surface area contributed by atoms with E-state index in [2.05, 4.69) is 0 Å². The Morgan fingerprint density at radius 3 is 2.33 bits per heavy atom. The summed E-state index contributed by atoms with van der Waals surface area (Å²) in [5.41, 5.74) is 5.60. The monoisotopic (exact) mass is 487 g/mol. The zero-order valence-electron chi connectivity index (χ0n) is 18.3. The number of ether oxygens (including phenoxy) is 2. The molecule has 2 aliphatic rings. The molecule has 2 fully saturated rings.